The van der Waals surface area contributed by atoms with Crippen molar-refractivity contribution in [2.75, 3.05) is 19.6 Å². The molecule has 0 amide bonds. The number of hydrogen-bond acceptors (Lipinski definition) is 8. The number of hydrogen-bond donors (Lipinski definition) is 2. The zero-order valence-electron chi connectivity index (χ0n) is 18.8. The quantitative estimate of drug-likeness (QED) is 0.553. The minimum Gasteiger partial charge on any atom is -0.490 e. The minimum absolute atomic E-state index is 0.0111. The van der Waals surface area contributed by atoms with Crippen molar-refractivity contribution in [3.8, 4) is 33.0 Å². The van der Waals surface area contributed by atoms with Crippen LogP contribution in [0.15, 0.2) is 41.4 Å². The Morgan fingerprint density at radius 1 is 1.24 bits per heavy atom. The molecule has 168 valence electrons. The number of rotatable bonds is 7. The van der Waals surface area contributed by atoms with Gasteiger partial charge in [0.2, 0.25) is 0 Å². The van der Waals surface area contributed by atoms with Crippen LogP contribution in [0.25, 0.3) is 21.1 Å². The molecular weight excluding hydrogens is 432 g/mol. The lowest BCUT2D eigenvalue weighted by Crippen LogP contribution is -2.32. The van der Waals surface area contributed by atoms with Gasteiger partial charge in [0.25, 0.3) is 0 Å². The number of nitrogens with zero attached hydrogens (tertiary/aromatic N) is 4. The second-order valence-electron chi connectivity index (χ2n) is 8.50. The Morgan fingerprint density at radius 2 is 2.12 bits per heavy atom. The maximum Gasteiger partial charge on any atom is 0.148 e. The van der Waals surface area contributed by atoms with Crippen LogP contribution in [0.5, 0.6) is 5.75 Å². The van der Waals surface area contributed by atoms with Crippen molar-refractivity contribution >= 4 is 17.2 Å². The molecule has 2 heterocycles. The van der Waals surface area contributed by atoms with Gasteiger partial charge in [-0.2, -0.15) is 5.26 Å². The van der Waals surface area contributed by atoms with Crippen LogP contribution in [0.2, 0.25) is 0 Å². The van der Waals surface area contributed by atoms with Crippen LogP contribution in [-0.4, -0.2) is 41.8 Å². The SMILES string of the molecule is CC(C)Oc1ccc(-c2nnc(-c3cccc4c3CCC4NCC3=NCCN3)s2)cc1C#N. The van der Waals surface area contributed by atoms with Crippen molar-refractivity contribution in [2.24, 2.45) is 4.99 Å². The Kier molecular flexibility index (Phi) is 6.07. The van der Waals surface area contributed by atoms with Gasteiger partial charge in [-0.15, -0.1) is 10.2 Å². The zero-order valence-corrected chi connectivity index (χ0v) is 19.6. The number of nitrogens with one attached hydrogen (secondary N) is 2. The molecule has 7 nitrogen and oxygen atoms in total. The third kappa shape index (κ3) is 4.47. The highest BCUT2D eigenvalue weighted by atomic mass is 32.1. The average Bonchev–Trinajstić information content (AvgIpc) is 3.58. The van der Waals surface area contributed by atoms with Crippen LogP contribution in [0, 0.1) is 11.3 Å². The Bertz CT molecular complexity index is 1240. The Balaban J connectivity index is 1.38. The van der Waals surface area contributed by atoms with Crippen molar-refractivity contribution in [2.45, 2.75) is 38.8 Å². The van der Waals surface area contributed by atoms with Gasteiger partial charge in [0.15, 0.2) is 0 Å². The molecule has 0 saturated heterocycles. The Hall–Kier alpha value is -3.28. The fourth-order valence-electron chi connectivity index (χ4n) is 4.41. The maximum atomic E-state index is 9.55. The van der Waals surface area contributed by atoms with Gasteiger partial charge >= 0.3 is 0 Å². The average molecular weight is 459 g/mol. The van der Waals surface area contributed by atoms with E-state index in [9.17, 15) is 5.26 Å². The van der Waals surface area contributed by atoms with Crippen LogP contribution in [0.1, 0.15) is 43.0 Å². The second kappa shape index (κ2) is 9.30. The lowest BCUT2D eigenvalue weighted by atomic mass is 10.0. The van der Waals surface area contributed by atoms with Crippen molar-refractivity contribution in [1.29, 1.82) is 5.26 Å². The predicted octanol–water partition coefficient (Wildman–Crippen LogP) is 4.11. The van der Waals surface area contributed by atoms with Crippen LogP contribution in [-0.2, 0) is 6.42 Å². The summed E-state index contributed by atoms with van der Waals surface area (Å²) in [6.07, 6.45) is 2.09. The van der Waals surface area contributed by atoms with Gasteiger partial charge in [0.1, 0.15) is 27.7 Å². The van der Waals surface area contributed by atoms with Gasteiger partial charge in [-0.3, -0.25) is 4.99 Å². The van der Waals surface area contributed by atoms with Crippen molar-refractivity contribution in [3.05, 3.63) is 53.1 Å². The molecule has 3 aromatic rings. The highest BCUT2D eigenvalue weighted by molar-refractivity contribution is 7.17. The first kappa shape index (κ1) is 21.6. The number of aromatic nitrogens is 2. The molecular formula is C25H26N6OS. The standard InChI is InChI=1S/C25H26N6OS/c1-15(2)32-22-9-6-16(12-17(22)13-26)24-30-31-25(33-24)20-5-3-4-19-18(20)7-8-21(19)29-14-23-27-10-11-28-23/h3-6,9,12,15,21,29H,7-8,10-11,14H2,1-2H3,(H,27,28). The van der Waals surface area contributed by atoms with Gasteiger partial charge in [-0.25, -0.2) is 0 Å². The Labute approximate surface area is 197 Å². The molecule has 8 heteroatoms. The zero-order chi connectivity index (χ0) is 22.8. The van der Waals surface area contributed by atoms with Crippen molar-refractivity contribution in [3.63, 3.8) is 0 Å². The topological polar surface area (TPSA) is 95.2 Å². The second-order valence-corrected chi connectivity index (χ2v) is 9.48. The van der Waals surface area contributed by atoms with Crippen molar-refractivity contribution < 1.29 is 4.74 Å². The van der Waals surface area contributed by atoms with Gasteiger partial charge in [-0.1, -0.05) is 29.5 Å². The number of nitriles is 1. The minimum atomic E-state index is 0.0111. The molecule has 5 rings (SSSR count). The van der Waals surface area contributed by atoms with E-state index < -0.39 is 0 Å². The molecule has 0 bridgehead atoms. The first-order valence-corrected chi connectivity index (χ1v) is 12.1. The van der Waals surface area contributed by atoms with Crippen LogP contribution >= 0.6 is 11.3 Å². The van der Waals surface area contributed by atoms with E-state index in [1.54, 1.807) is 11.3 Å². The molecule has 2 aliphatic rings. The highest BCUT2D eigenvalue weighted by Gasteiger charge is 2.26. The van der Waals surface area contributed by atoms with Crippen LogP contribution in [0.4, 0.5) is 0 Å². The normalized spacial score (nSPS) is 16.9. The molecule has 1 aliphatic carbocycles. The number of benzene rings is 2. The fourth-order valence-corrected chi connectivity index (χ4v) is 5.30. The summed E-state index contributed by atoms with van der Waals surface area (Å²) in [4.78, 5) is 4.48. The van der Waals surface area contributed by atoms with Gasteiger partial charge in [-0.05, 0) is 56.0 Å². The third-order valence-electron chi connectivity index (χ3n) is 5.90. The molecule has 1 aliphatic heterocycles. The van der Waals surface area contributed by atoms with E-state index in [-0.39, 0.29) is 6.10 Å². The molecule has 33 heavy (non-hydrogen) atoms. The summed E-state index contributed by atoms with van der Waals surface area (Å²) in [7, 11) is 0. The largest absolute Gasteiger partial charge is 0.490 e. The lowest BCUT2D eigenvalue weighted by Gasteiger charge is -2.14. The predicted molar refractivity (Wildman–Crippen MR) is 131 cm³/mol. The summed E-state index contributed by atoms with van der Waals surface area (Å²) in [5.41, 5.74) is 5.22. The summed E-state index contributed by atoms with van der Waals surface area (Å²) in [5.74, 6) is 1.65. The first-order chi connectivity index (χ1) is 16.1. The van der Waals surface area contributed by atoms with Crippen molar-refractivity contribution in [1.82, 2.24) is 20.8 Å². The number of fused-ring (bicyclic) bond motifs is 1. The Morgan fingerprint density at radius 3 is 2.91 bits per heavy atom. The molecule has 1 atom stereocenters. The number of aliphatic imine (C=N–C) groups is 1. The molecule has 0 saturated carbocycles. The molecule has 2 aromatic carbocycles. The van der Waals surface area contributed by atoms with E-state index in [4.69, 9.17) is 4.74 Å². The van der Waals surface area contributed by atoms with Crippen LogP contribution < -0.4 is 15.4 Å². The van der Waals surface area contributed by atoms with Gasteiger partial charge < -0.3 is 15.4 Å². The summed E-state index contributed by atoms with van der Waals surface area (Å²) >= 11 is 1.56. The summed E-state index contributed by atoms with van der Waals surface area (Å²) < 4.78 is 5.74. The van der Waals surface area contributed by atoms with Crippen LogP contribution in [0.3, 0.4) is 0 Å². The molecule has 1 unspecified atom stereocenters. The van der Waals surface area contributed by atoms with E-state index in [0.29, 0.717) is 17.4 Å². The molecule has 0 spiro atoms. The van der Waals surface area contributed by atoms with Gasteiger partial charge in [0.05, 0.1) is 24.8 Å². The van der Waals surface area contributed by atoms with E-state index in [1.165, 1.54) is 11.1 Å². The lowest BCUT2D eigenvalue weighted by molar-refractivity contribution is 0.242. The van der Waals surface area contributed by atoms with E-state index in [0.717, 1.165) is 59.5 Å². The molecule has 2 N–H and O–H groups in total. The third-order valence-corrected chi connectivity index (χ3v) is 6.90. The monoisotopic (exact) mass is 458 g/mol. The first-order valence-electron chi connectivity index (χ1n) is 11.3. The summed E-state index contributed by atoms with van der Waals surface area (Å²) in [6, 6.07) is 14.6. The van der Waals surface area contributed by atoms with E-state index in [1.807, 2.05) is 32.0 Å². The maximum absolute atomic E-state index is 9.55. The van der Waals surface area contributed by atoms with E-state index >= 15 is 0 Å². The molecule has 0 fully saturated rings. The fraction of sp³-hybridized carbons (Fsp3) is 0.360. The smallest absolute Gasteiger partial charge is 0.148 e. The number of amidine groups is 1. The molecule has 0 radical (unpaired) electrons. The summed E-state index contributed by atoms with van der Waals surface area (Å²) in [6.45, 7) is 6.47. The highest BCUT2D eigenvalue weighted by Crippen LogP contribution is 2.40. The van der Waals surface area contributed by atoms with Gasteiger partial charge in [0, 0.05) is 23.7 Å². The number of ether oxygens (including phenoxy) is 1. The summed E-state index contributed by atoms with van der Waals surface area (Å²) in [5, 5.41) is 27.2. The van der Waals surface area contributed by atoms with E-state index in [2.05, 4.69) is 50.1 Å². The molecule has 1 aromatic heterocycles.